The molecule has 3 aromatic rings. The third-order valence-electron chi connectivity index (χ3n) is 5.13. The fourth-order valence-corrected chi connectivity index (χ4v) is 3.71. The van der Waals surface area contributed by atoms with Crippen molar-refractivity contribution < 1.29 is 9.53 Å². The minimum absolute atomic E-state index is 0.0901. The summed E-state index contributed by atoms with van der Waals surface area (Å²) in [7, 11) is 0. The van der Waals surface area contributed by atoms with Crippen molar-refractivity contribution in [1.29, 1.82) is 0 Å². The van der Waals surface area contributed by atoms with Gasteiger partial charge in [0, 0.05) is 11.5 Å². The molecule has 3 aromatic carbocycles. The first-order chi connectivity index (χ1) is 13.8. The predicted octanol–water partition coefficient (Wildman–Crippen LogP) is 5.25. The van der Waals surface area contributed by atoms with Gasteiger partial charge < -0.3 is 10.1 Å². The molecular weight excluding hydrogens is 346 g/mol. The van der Waals surface area contributed by atoms with E-state index in [-0.39, 0.29) is 17.9 Å². The maximum absolute atomic E-state index is 12.9. The summed E-state index contributed by atoms with van der Waals surface area (Å²) in [6.45, 7) is 0.678. The Morgan fingerprint density at radius 2 is 1.46 bits per heavy atom. The highest BCUT2D eigenvalue weighted by Gasteiger charge is 2.29. The Labute approximate surface area is 165 Å². The van der Waals surface area contributed by atoms with Gasteiger partial charge >= 0.3 is 0 Å². The van der Waals surface area contributed by atoms with E-state index in [2.05, 4.69) is 29.6 Å². The van der Waals surface area contributed by atoms with Crippen LogP contribution in [0, 0.1) is 0 Å². The Hall–Kier alpha value is -3.33. The van der Waals surface area contributed by atoms with Crippen molar-refractivity contribution in [1.82, 2.24) is 5.32 Å². The zero-order valence-electron chi connectivity index (χ0n) is 15.6. The Morgan fingerprint density at radius 3 is 2.14 bits per heavy atom. The van der Waals surface area contributed by atoms with E-state index >= 15 is 0 Å². The zero-order valence-corrected chi connectivity index (χ0v) is 15.6. The van der Waals surface area contributed by atoms with E-state index in [0.29, 0.717) is 12.2 Å². The van der Waals surface area contributed by atoms with E-state index in [4.69, 9.17) is 4.74 Å². The maximum atomic E-state index is 12.9. The van der Waals surface area contributed by atoms with Crippen LogP contribution in [0.1, 0.15) is 39.9 Å². The van der Waals surface area contributed by atoms with Gasteiger partial charge in [0.1, 0.15) is 0 Å². The maximum Gasteiger partial charge on any atom is 0.252 e. The number of amides is 1. The number of benzene rings is 3. The summed E-state index contributed by atoms with van der Waals surface area (Å²) >= 11 is 0. The van der Waals surface area contributed by atoms with Crippen LogP contribution in [0.4, 0.5) is 0 Å². The van der Waals surface area contributed by atoms with Gasteiger partial charge in [-0.3, -0.25) is 4.79 Å². The molecule has 4 rings (SSSR count). The van der Waals surface area contributed by atoms with Crippen molar-refractivity contribution in [2.75, 3.05) is 6.61 Å². The minimum Gasteiger partial charge on any atom is -0.501 e. The van der Waals surface area contributed by atoms with Crippen molar-refractivity contribution in [2.45, 2.75) is 18.4 Å². The van der Waals surface area contributed by atoms with Crippen LogP contribution in [0.3, 0.4) is 0 Å². The van der Waals surface area contributed by atoms with E-state index in [1.165, 1.54) is 5.56 Å². The monoisotopic (exact) mass is 369 g/mol. The third kappa shape index (κ3) is 3.99. The molecule has 0 spiro atoms. The second-order valence-electron chi connectivity index (χ2n) is 6.92. The molecule has 1 aliphatic rings. The van der Waals surface area contributed by atoms with E-state index in [1.807, 2.05) is 73.0 Å². The second kappa shape index (κ2) is 8.57. The molecule has 0 fully saturated rings. The number of hydrogen-bond donors (Lipinski definition) is 1. The first kappa shape index (κ1) is 18.1. The normalized spacial score (nSPS) is 17.1. The lowest BCUT2D eigenvalue weighted by Gasteiger charge is -2.31. The van der Waals surface area contributed by atoms with Crippen LogP contribution in [-0.4, -0.2) is 12.5 Å². The van der Waals surface area contributed by atoms with Gasteiger partial charge in [0.2, 0.25) is 0 Å². The van der Waals surface area contributed by atoms with Gasteiger partial charge in [0.05, 0.1) is 18.9 Å². The summed E-state index contributed by atoms with van der Waals surface area (Å²) in [6, 6.07) is 29.6. The van der Waals surface area contributed by atoms with Gasteiger partial charge in [-0.2, -0.15) is 0 Å². The van der Waals surface area contributed by atoms with Gasteiger partial charge in [0.25, 0.3) is 5.91 Å². The van der Waals surface area contributed by atoms with Crippen molar-refractivity contribution in [3.05, 3.63) is 120 Å². The van der Waals surface area contributed by atoms with Crippen molar-refractivity contribution in [3.8, 4) is 0 Å². The Kier molecular flexibility index (Phi) is 5.53. The molecular formula is C25H23NO2. The van der Waals surface area contributed by atoms with Gasteiger partial charge in [-0.05, 0) is 35.3 Å². The largest absolute Gasteiger partial charge is 0.501 e. The quantitative estimate of drug-likeness (QED) is 0.667. The van der Waals surface area contributed by atoms with E-state index in [0.717, 1.165) is 17.6 Å². The number of nitrogens with one attached hydrogen (secondary N) is 1. The lowest BCUT2D eigenvalue weighted by molar-refractivity contribution is 0.0938. The fourth-order valence-electron chi connectivity index (χ4n) is 3.71. The van der Waals surface area contributed by atoms with E-state index in [1.54, 1.807) is 0 Å². The fraction of sp³-hybridized carbons (Fsp3) is 0.160. The SMILES string of the molecule is O=C(N[C@H](C1=COCC[C@H]1c1ccccc1)c1ccccc1)c1ccccc1. The molecule has 0 saturated heterocycles. The first-order valence-electron chi connectivity index (χ1n) is 9.60. The van der Waals surface area contributed by atoms with Crippen LogP contribution in [0.15, 0.2) is 103 Å². The summed E-state index contributed by atoms with van der Waals surface area (Å²) in [4.78, 5) is 12.9. The first-order valence-corrected chi connectivity index (χ1v) is 9.60. The molecule has 0 aliphatic carbocycles. The number of carbonyl (C=O) groups excluding carboxylic acids is 1. The summed E-state index contributed by atoms with van der Waals surface area (Å²) in [5.41, 5.74) is 4.02. The lowest BCUT2D eigenvalue weighted by atomic mass is 9.82. The summed E-state index contributed by atoms with van der Waals surface area (Å²) < 4.78 is 5.71. The highest BCUT2D eigenvalue weighted by Crippen LogP contribution is 2.38. The number of carbonyl (C=O) groups is 1. The minimum atomic E-state index is -0.251. The number of ether oxygens (including phenoxy) is 1. The van der Waals surface area contributed by atoms with Crippen molar-refractivity contribution in [2.24, 2.45) is 0 Å². The van der Waals surface area contributed by atoms with Crippen LogP contribution in [0.5, 0.6) is 0 Å². The Bertz CT molecular complexity index is 936. The molecule has 1 heterocycles. The van der Waals surface area contributed by atoms with Gasteiger partial charge in [-0.1, -0.05) is 78.9 Å². The Morgan fingerprint density at radius 1 is 0.857 bits per heavy atom. The molecule has 28 heavy (non-hydrogen) atoms. The highest BCUT2D eigenvalue weighted by molar-refractivity contribution is 5.94. The molecule has 140 valence electrons. The molecule has 2 atom stereocenters. The molecule has 0 aromatic heterocycles. The molecule has 1 aliphatic heterocycles. The summed E-state index contributed by atoms with van der Waals surface area (Å²) in [6.07, 6.45) is 2.73. The molecule has 0 bridgehead atoms. The summed E-state index contributed by atoms with van der Waals surface area (Å²) in [5, 5.41) is 3.23. The number of hydrogen-bond acceptors (Lipinski definition) is 2. The van der Waals surface area contributed by atoms with Crippen molar-refractivity contribution in [3.63, 3.8) is 0 Å². The standard InChI is InChI=1S/C25H23NO2/c27-25(21-14-8-3-9-15-21)26-24(20-12-6-2-7-13-20)23-18-28-17-16-22(23)19-10-4-1-5-11-19/h1-15,18,22,24H,16-17H2,(H,26,27)/t22-,24-/m0/s1. The van der Waals surface area contributed by atoms with E-state index < -0.39 is 0 Å². The summed E-state index contributed by atoms with van der Waals surface area (Å²) in [5.74, 6) is 0.115. The predicted molar refractivity (Wildman–Crippen MR) is 111 cm³/mol. The van der Waals surface area contributed by atoms with Crippen LogP contribution in [0.25, 0.3) is 0 Å². The number of rotatable bonds is 5. The van der Waals surface area contributed by atoms with Gasteiger partial charge in [-0.25, -0.2) is 0 Å². The zero-order chi connectivity index (χ0) is 19.2. The van der Waals surface area contributed by atoms with Crippen LogP contribution >= 0.6 is 0 Å². The molecule has 0 unspecified atom stereocenters. The van der Waals surface area contributed by atoms with Crippen molar-refractivity contribution >= 4 is 5.91 Å². The lowest BCUT2D eigenvalue weighted by Crippen LogP contribution is -2.32. The van der Waals surface area contributed by atoms with Crippen LogP contribution < -0.4 is 5.32 Å². The average Bonchev–Trinajstić information content (AvgIpc) is 2.79. The van der Waals surface area contributed by atoms with Crippen LogP contribution in [0.2, 0.25) is 0 Å². The molecule has 1 N–H and O–H groups in total. The molecule has 0 radical (unpaired) electrons. The smallest absolute Gasteiger partial charge is 0.252 e. The molecule has 1 amide bonds. The topological polar surface area (TPSA) is 38.3 Å². The van der Waals surface area contributed by atoms with Gasteiger partial charge in [-0.15, -0.1) is 0 Å². The molecule has 3 nitrogen and oxygen atoms in total. The third-order valence-corrected chi connectivity index (χ3v) is 5.13. The van der Waals surface area contributed by atoms with Gasteiger partial charge in [0.15, 0.2) is 0 Å². The molecule has 0 saturated carbocycles. The molecule has 3 heteroatoms. The van der Waals surface area contributed by atoms with Crippen LogP contribution in [-0.2, 0) is 4.74 Å². The highest BCUT2D eigenvalue weighted by atomic mass is 16.5. The Balaban J connectivity index is 1.70. The average molecular weight is 369 g/mol. The second-order valence-corrected chi connectivity index (χ2v) is 6.92. The van der Waals surface area contributed by atoms with E-state index in [9.17, 15) is 4.79 Å².